The summed E-state index contributed by atoms with van der Waals surface area (Å²) in [6.07, 6.45) is 2.28. The first-order valence-electron chi connectivity index (χ1n) is 10.2. The van der Waals surface area contributed by atoms with Crippen molar-refractivity contribution >= 4 is 40.9 Å². The molecule has 145 valence electrons. The van der Waals surface area contributed by atoms with Gasteiger partial charge in [0.05, 0.1) is 5.69 Å². The van der Waals surface area contributed by atoms with Crippen molar-refractivity contribution in [2.45, 2.75) is 58.5 Å². The van der Waals surface area contributed by atoms with Crippen LogP contribution in [-0.2, 0) is 5.41 Å². The van der Waals surface area contributed by atoms with Gasteiger partial charge in [0.15, 0.2) is 0 Å². The normalized spacial score (nSPS) is 18.0. The summed E-state index contributed by atoms with van der Waals surface area (Å²) >= 11 is 0. The maximum Gasteiger partial charge on any atom is 0.144 e. The molecule has 4 rings (SSSR count). The third-order valence-corrected chi connectivity index (χ3v) is 5.76. The Hall–Kier alpha value is -1.16. The fourth-order valence-electron chi connectivity index (χ4n) is 3.82. The summed E-state index contributed by atoms with van der Waals surface area (Å²) in [4.78, 5) is 2.45. The van der Waals surface area contributed by atoms with Gasteiger partial charge in [0.2, 0.25) is 0 Å². The van der Waals surface area contributed by atoms with Gasteiger partial charge in [-0.1, -0.05) is 32.9 Å². The molecule has 4 heteroatoms. The van der Waals surface area contributed by atoms with Crippen LogP contribution in [0.5, 0.6) is 5.75 Å². The molecule has 3 nitrogen and oxygen atoms in total. The molecule has 1 fully saturated rings. The standard InChI is InChI=1S/C24H32N2O.Na/c1-23(2,3)18-15-20(17-8-6-9-19(14-17)26-12-7-13-26)22-21(16-18)27-24(4,5)10-11-25-22;/h6,8-9,14-16,25H,7,10-13H2,1-5H3;. The first-order valence-corrected chi connectivity index (χ1v) is 10.2. The van der Waals surface area contributed by atoms with E-state index in [1.807, 2.05) is 0 Å². The van der Waals surface area contributed by atoms with Crippen LogP contribution in [0.2, 0.25) is 0 Å². The molecule has 0 atom stereocenters. The molecule has 0 bridgehead atoms. The number of nitrogens with one attached hydrogen (secondary N) is 1. The predicted octanol–water partition coefficient (Wildman–Crippen LogP) is 5.45. The average Bonchev–Trinajstić information content (AvgIpc) is 2.68. The van der Waals surface area contributed by atoms with Gasteiger partial charge in [-0.2, -0.15) is 0 Å². The number of ether oxygens (including phenoxy) is 1. The second-order valence-corrected chi connectivity index (χ2v) is 9.58. The van der Waals surface area contributed by atoms with Crippen molar-refractivity contribution in [2.75, 3.05) is 29.9 Å². The molecule has 0 saturated carbocycles. The van der Waals surface area contributed by atoms with Gasteiger partial charge in [-0.15, -0.1) is 0 Å². The second-order valence-electron chi connectivity index (χ2n) is 9.58. The molecule has 2 aromatic rings. The number of hydrogen-bond acceptors (Lipinski definition) is 3. The van der Waals surface area contributed by atoms with E-state index >= 15 is 0 Å². The van der Waals surface area contributed by atoms with Crippen LogP contribution in [0.3, 0.4) is 0 Å². The maximum atomic E-state index is 6.48. The SMILES string of the molecule is CC1(C)CCNc2c(cc(C(C)(C)C)cc2-c2cccc(N3CCC3)c2)O1.[Na]. The van der Waals surface area contributed by atoms with Crippen molar-refractivity contribution in [1.82, 2.24) is 0 Å². The van der Waals surface area contributed by atoms with Gasteiger partial charge in [-0.05, 0) is 61.1 Å². The molecule has 2 aromatic carbocycles. The molecule has 0 spiro atoms. The summed E-state index contributed by atoms with van der Waals surface area (Å²) in [5, 5.41) is 3.66. The molecule has 2 aliphatic heterocycles. The van der Waals surface area contributed by atoms with E-state index < -0.39 is 0 Å². The molecule has 1 saturated heterocycles. The van der Waals surface area contributed by atoms with E-state index in [4.69, 9.17) is 4.74 Å². The van der Waals surface area contributed by atoms with Crippen molar-refractivity contribution in [3.63, 3.8) is 0 Å². The second kappa shape index (κ2) is 7.93. The molecule has 2 aliphatic rings. The van der Waals surface area contributed by atoms with Crippen molar-refractivity contribution in [3.8, 4) is 16.9 Å². The van der Waals surface area contributed by atoms with Crippen LogP contribution < -0.4 is 15.0 Å². The Morgan fingerprint density at radius 2 is 1.82 bits per heavy atom. The number of anilines is 2. The Labute approximate surface area is 192 Å². The summed E-state index contributed by atoms with van der Waals surface area (Å²) in [7, 11) is 0. The smallest absolute Gasteiger partial charge is 0.144 e. The minimum absolute atomic E-state index is 0. The minimum atomic E-state index is -0.161. The Morgan fingerprint density at radius 3 is 2.46 bits per heavy atom. The number of rotatable bonds is 2. The molecule has 0 amide bonds. The maximum absolute atomic E-state index is 6.48. The summed E-state index contributed by atoms with van der Waals surface area (Å²) in [6.45, 7) is 14.4. The summed E-state index contributed by atoms with van der Waals surface area (Å²) < 4.78 is 6.48. The van der Waals surface area contributed by atoms with E-state index in [0.717, 1.165) is 24.4 Å². The quantitative estimate of drug-likeness (QED) is 0.693. The minimum Gasteiger partial charge on any atom is -0.486 e. The average molecular weight is 388 g/mol. The van der Waals surface area contributed by atoms with Crippen LogP contribution in [0.4, 0.5) is 11.4 Å². The van der Waals surface area contributed by atoms with Crippen LogP contribution in [0.15, 0.2) is 36.4 Å². The summed E-state index contributed by atoms with van der Waals surface area (Å²) in [6, 6.07) is 13.5. The summed E-state index contributed by atoms with van der Waals surface area (Å²) in [5.41, 5.74) is 6.18. The van der Waals surface area contributed by atoms with Gasteiger partial charge < -0.3 is 15.0 Å². The van der Waals surface area contributed by atoms with Gasteiger partial charge in [0.1, 0.15) is 11.4 Å². The molecule has 28 heavy (non-hydrogen) atoms. The van der Waals surface area contributed by atoms with Gasteiger partial charge in [0, 0.05) is 66.9 Å². The zero-order chi connectivity index (χ0) is 19.2. The van der Waals surface area contributed by atoms with E-state index in [-0.39, 0.29) is 40.6 Å². The van der Waals surface area contributed by atoms with Crippen molar-refractivity contribution in [3.05, 3.63) is 42.0 Å². The molecule has 0 unspecified atom stereocenters. The van der Waals surface area contributed by atoms with E-state index in [1.165, 1.54) is 41.9 Å². The molecule has 0 aromatic heterocycles. The van der Waals surface area contributed by atoms with Crippen molar-refractivity contribution < 1.29 is 4.74 Å². The Morgan fingerprint density at radius 1 is 1.07 bits per heavy atom. The third kappa shape index (κ3) is 4.37. The number of fused-ring (bicyclic) bond motifs is 1. The Balaban J connectivity index is 0.00000225. The van der Waals surface area contributed by atoms with E-state index in [1.54, 1.807) is 0 Å². The summed E-state index contributed by atoms with van der Waals surface area (Å²) in [5.74, 6) is 0.981. The molecule has 1 radical (unpaired) electrons. The van der Waals surface area contributed by atoms with Crippen molar-refractivity contribution in [1.29, 1.82) is 0 Å². The van der Waals surface area contributed by atoms with E-state index in [2.05, 4.69) is 81.2 Å². The first kappa shape index (κ1) is 21.5. The van der Waals surface area contributed by atoms with E-state index in [0.29, 0.717) is 0 Å². The van der Waals surface area contributed by atoms with Gasteiger partial charge >= 0.3 is 0 Å². The predicted molar refractivity (Wildman–Crippen MR) is 121 cm³/mol. The number of nitrogens with zero attached hydrogens (tertiary/aromatic N) is 1. The van der Waals surface area contributed by atoms with Crippen LogP contribution in [0.1, 0.15) is 53.0 Å². The zero-order valence-corrected chi connectivity index (χ0v) is 20.4. The Kier molecular flexibility index (Phi) is 6.10. The van der Waals surface area contributed by atoms with Gasteiger partial charge in [-0.25, -0.2) is 0 Å². The van der Waals surface area contributed by atoms with Gasteiger partial charge in [-0.3, -0.25) is 0 Å². The van der Waals surface area contributed by atoms with Crippen LogP contribution in [0.25, 0.3) is 11.1 Å². The molecular weight excluding hydrogens is 355 g/mol. The van der Waals surface area contributed by atoms with Crippen LogP contribution in [0, 0.1) is 0 Å². The van der Waals surface area contributed by atoms with Crippen LogP contribution >= 0.6 is 0 Å². The Bertz CT molecular complexity index is 850. The fourth-order valence-corrected chi connectivity index (χ4v) is 3.82. The van der Waals surface area contributed by atoms with Gasteiger partial charge in [0.25, 0.3) is 0 Å². The third-order valence-electron chi connectivity index (χ3n) is 5.76. The topological polar surface area (TPSA) is 24.5 Å². The molecule has 2 heterocycles. The van der Waals surface area contributed by atoms with E-state index in [9.17, 15) is 0 Å². The number of hydrogen-bond donors (Lipinski definition) is 1. The fraction of sp³-hybridized carbons (Fsp3) is 0.500. The zero-order valence-electron chi connectivity index (χ0n) is 18.4. The number of benzene rings is 2. The molecule has 0 aliphatic carbocycles. The molecular formula is C24H32N2NaO. The first-order chi connectivity index (χ1) is 12.7. The monoisotopic (exact) mass is 387 g/mol. The van der Waals surface area contributed by atoms with Crippen LogP contribution in [-0.4, -0.2) is 54.8 Å². The largest absolute Gasteiger partial charge is 0.486 e. The molecule has 1 N–H and O–H groups in total. The van der Waals surface area contributed by atoms with Crippen molar-refractivity contribution in [2.24, 2.45) is 0 Å².